The molecular formula is C21H22N6O2. The fourth-order valence-corrected chi connectivity index (χ4v) is 3.82. The Kier molecular flexibility index (Phi) is 4.48. The zero-order valence-electron chi connectivity index (χ0n) is 16.3. The van der Waals surface area contributed by atoms with E-state index in [0.717, 1.165) is 50.3 Å². The minimum atomic E-state index is -0.446. The van der Waals surface area contributed by atoms with Gasteiger partial charge < -0.3 is 14.2 Å². The molecule has 148 valence electrons. The lowest BCUT2D eigenvalue weighted by molar-refractivity contribution is 0.310. The van der Waals surface area contributed by atoms with Crippen LogP contribution in [-0.2, 0) is 0 Å². The molecule has 1 fully saturated rings. The number of rotatable bonds is 3. The standard InChI is InChI=1S/C21H22N6O2/c1-2-25-8-4-10-26(12-11-25)18-6-5-15-13-16(20(28)29-19(15)24-18)17-14-27-9-3-7-22-21(27)23-17/h3,5-7,9,13-14H,2,4,8,10-12H2,1H3. The van der Waals surface area contributed by atoms with Crippen LogP contribution in [0, 0.1) is 0 Å². The van der Waals surface area contributed by atoms with Gasteiger partial charge in [0.15, 0.2) is 0 Å². The van der Waals surface area contributed by atoms with Gasteiger partial charge in [-0.2, -0.15) is 4.98 Å². The van der Waals surface area contributed by atoms with Crippen molar-refractivity contribution in [3.63, 3.8) is 0 Å². The maximum absolute atomic E-state index is 12.6. The fourth-order valence-electron chi connectivity index (χ4n) is 3.82. The van der Waals surface area contributed by atoms with Crippen LogP contribution >= 0.6 is 0 Å². The number of hydrogen-bond acceptors (Lipinski definition) is 7. The number of fused-ring (bicyclic) bond motifs is 2. The summed E-state index contributed by atoms with van der Waals surface area (Å²) in [6.07, 6.45) is 6.39. The Balaban J connectivity index is 1.50. The minimum Gasteiger partial charge on any atom is -0.403 e. The van der Waals surface area contributed by atoms with Crippen LogP contribution in [0.3, 0.4) is 0 Å². The van der Waals surface area contributed by atoms with E-state index in [1.54, 1.807) is 22.9 Å². The summed E-state index contributed by atoms with van der Waals surface area (Å²) in [7, 11) is 0. The van der Waals surface area contributed by atoms with Gasteiger partial charge in [-0.25, -0.2) is 14.8 Å². The molecule has 0 aromatic carbocycles. The van der Waals surface area contributed by atoms with Crippen molar-refractivity contribution < 1.29 is 4.42 Å². The fraction of sp³-hybridized carbons (Fsp3) is 0.333. The summed E-state index contributed by atoms with van der Waals surface area (Å²) in [6, 6.07) is 7.57. The summed E-state index contributed by atoms with van der Waals surface area (Å²) in [4.78, 5) is 30.6. The molecule has 5 heterocycles. The SMILES string of the molecule is CCN1CCCN(c2ccc3cc(-c4cn5cccnc5n4)c(=O)oc3n2)CC1. The van der Waals surface area contributed by atoms with Crippen LogP contribution in [0.15, 0.2) is 52.1 Å². The summed E-state index contributed by atoms with van der Waals surface area (Å²) in [5.74, 6) is 1.39. The Bertz CT molecular complexity index is 1200. The van der Waals surface area contributed by atoms with Crippen molar-refractivity contribution in [3.8, 4) is 11.3 Å². The van der Waals surface area contributed by atoms with E-state index in [0.29, 0.717) is 22.7 Å². The minimum absolute atomic E-state index is 0.356. The molecule has 0 aliphatic carbocycles. The van der Waals surface area contributed by atoms with Crippen molar-refractivity contribution in [2.75, 3.05) is 37.6 Å². The molecule has 0 saturated carbocycles. The molecule has 4 aromatic heterocycles. The van der Waals surface area contributed by atoms with Crippen LogP contribution in [0.25, 0.3) is 28.1 Å². The predicted octanol–water partition coefficient (Wildman–Crippen LogP) is 2.43. The topological polar surface area (TPSA) is 79.8 Å². The molecule has 4 aromatic rings. The maximum Gasteiger partial charge on any atom is 0.347 e. The van der Waals surface area contributed by atoms with Gasteiger partial charge in [-0.15, -0.1) is 0 Å². The molecule has 5 rings (SSSR count). The van der Waals surface area contributed by atoms with Crippen molar-refractivity contribution in [3.05, 3.63) is 53.3 Å². The van der Waals surface area contributed by atoms with Crippen molar-refractivity contribution >= 4 is 22.7 Å². The highest BCUT2D eigenvalue weighted by atomic mass is 16.4. The molecular weight excluding hydrogens is 368 g/mol. The molecule has 0 radical (unpaired) electrons. The average Bonchev–Trinajstić information content (AvgIpc) is 3.02. The first kappa shape index (κ1) is 17.8. The van der Waals surface area contributed by atoms with Gasteiger partial charge in [0.05, 0.1) is 11.3 Å². The highest BCUT2D eigenvalue weighted by molar-refractivity contribution is 5.79. The van der Waals surface area contributed by atoms with Crippen LogP contribution < -0.4 is 10.5 Å². The molecule has 0 unspecified atom stereocenters. The number of imidazole rings is 1. The van der Waals surface area contributed by atoms with E-state index >= 15 is 0 Å². The van der Waals surface area contributed by atoms with Gasteiger partial charge in [-0.05, 0) is 43.8 Å². The second kappa shape index (κ2) is 7.29. The van der Waals surface area contributed by atoms with Gasteiger partial charge in [0.1, 0.15) is 5.82 Å². The normalized spacial score (nSPS) is 15.8. The first-order valence-electron chi connectivity index (χ1n) is 9.93. The monoisotopic (exact) mass is 390 g/mol. The van der Waals surface area contributed by atoms with E-state index in [9.17, 15) is 4.79 Å². The van der Waals surface area contributed by atoms with Gasteiger partial charge in [0.25, 0.3) is 0 Å². The van der Waals surface area contributed by atoms with Crippen molar-refractivity contribution in [1.82, 2.24) is 24.3 Å². The van der Waals surface area contributed by atoms with E-state index in [-0.39, 0.29) is 0 Å². The van der Waals surface area contributed by atoms with Crippen LogP contribution in [0.2, 0.25) is 0 Å². The van der Waals surface area contributed by atoms with Gasteiger partial charge in [-0.3, -0.25) is 4.40 Å². The summed E-state index contributed by atoms with van der Waals surface area (Å²) < 4.78 is 7.35. The second-order valence-electron chi connectivity index (χ2n) is 7.24. The molecule has 1 aliphatic rings. The Morgan fingerprint density at radius 2 is 2.07 bits per heavy atom. The van der Waals surface area contributed by atoms with Gasteiger partial charge in [0, 0.05) is 43.6 Å². The Labute approximate surface area is 167 Å². The first-order valence-corrected chi connectivity index (χ1v) is 9.93. The summed E-state index contributed by atoms with van der Waals surface area (Å²) >= 11 is 0. The van der Waals surface area contributed by atoms with Crippen LogP contribution in [-0.4, -0.2) is 57.0 Å². The third-order valence-corrected chi connectivity index (χ3v) is 5.46. The number of anilines is 1. The molecule has 0 amide bonds. The number of aromatic nitrogens is 4. The Morgan fingerprint density at radius 1 is 1.14 bits per heavy atom. The number of likely N-dealkylation sites (N-methyl/N-ethyl adjacent to an activating group) is 1. The molecule has 0 bridgehead atoms. The van der Waals surface area contributed by atoms with Crippen LogP contribution in [0.1, 0.15) is 13.3 Å². The molecule has 1 aliphatic heterocycles. The summed E-state index contributed by atoms with van der Waals surface area (Å²) in [6.45, 7) is 7.24. The molecule has 1 saturated heterocycles. The van der Waals surface area contributed by atoms with Crippen molar-refractivity contribution in [1.29, 1.82) is 0 Å². The summed E-state index contributed by atoms with van der Waals surface area (Å²) in [5, 5.41) is 0.776. The van der Waals surface area contributed by atoms with E-state index in [1.807, 2.05) is 24.4 Å². The van der Waals surface area contributed by atoms with Crippen molar-refractivity contribution in [2.24, 2.45) is 0 Å². The van der Waals surface area contributed by atoms with E-state index in [4.69, 9.17) is 4.42 Å². The van der Waals surface area contributed by atoms with E-state index in [1.165, 1.54) is 0 Å². The third-order valence-electron chi connectivity index (χ3n) is 5.46. The molecule has 8 heteroatoms. The first-order chi connectivity index (χ1) is 14.2. The van der Waals surface area contributed by atoms with Crippen molar-refractivity contribution in [2.45, 2.75) is 13.3 Å². The largest absolute Gasteiger partial charge is 0.403 e. The summed E-state index contributed by atoms with van der Waals surface area (Å²) in [5.41, 5.74) is 0.856. The van der Waals surface area contributed by atoms with E-state index < -0.39 is 5.63 Å². The Hall–Kier alpha value is -3.26. The molecule has 0 spiro atoms. The van der Waals surface area contributed by atoms with Gasteiger partial charge in [-0.1, -0.05) is 6.92 Å². The van der Waals surface area contributed by atoms with Gasteiger partial charge >= 0.3 is 5.63 Å². The smallest absolute Gasteiger partial charge is 0.347 e. The quantitative estimate of drug-likeness (QED) is 0.531. The maximum atomic E-state index is 12.6. The van der Waals surface area contributed by atoms with Crippen LogP contribution in [0.4, 0.5) is 5.82 Å². The average molecular weight is 390 g/mol. The number of hydrogen-bond donors (Lipinski definition) is 0. The highest BCUT2D eigenvalue weighted by Gasteiger charge is 2.17. The molecule has 0 atom stereocenters. The van der Waals surface area contributed by atoms with E-state index in [2.05, 4.69) is 31.7 Å². The lowest BCUT2D eigenvalue weighted by Gasteiger charge is -2.22. The van der Waals surface area contributed by atoms with Crippen LogP contribution in [0.5, 0.6) is 0 Å². The predicted molar refractivity (Wildman–Crippen MR) is 111 cm³/mol. The zero-order chi connectivity index (χ0) is 19.8. The van der Waals surface area contributed by atoms with Gasteiger partial charge in [0.2, 0.25) is 11.5 Å². The number of pyridine rings is 1. The third kappa shape index (κ3) is 3.36. The second-order valence-corrected chi connectivity index (χ2v) is 7.24. The molecule has 29 heavy (non-hydrogen) atoms. The molecule has 0 N–H and O–H groups in total. The number of nitrogens with zero attached hydrogens (tertiary/aromatic N) is 6. The lowest BCUT2D eigenvalue weighted by atomic mass is 10.2. The zero-order valence-corrected chi connectivity index (χ0v) is 16.3. The molecule has 8 nitrogen and oxygen atoms in total. The Morgan fingerprint density at radius 3 is 2.93 bits per heavy atom. The lowest BCUT2D eigenvalue weighted by Crippen LogP contribution is -2.31. The highest BCUT2D eigenvalue weighted by Crippen LogP contribution is 2.23.